The number of benzene rings is 1. The van der Waals surface area contributed by atoms with E-state index in [1.165, 1.54) is 36.2 Å². The Bertz CT molecular complexity index is 411. The summed E-state index contributed by atoms with van der Waals surface area (Å²) >= 11 is 0. The zero-order valence-corrected chi connectivity index (χ0v) is 12.4. The summed E-state index contributed by atoms with van der Waals surface area (Å²) in [4.78, 5) is 0. The number of hydrogen-bond acceptors (Lipinski definition) is 3. The van der Waals surface area contributed by atoms with Crippen LogP contribution in [-0.2, 0) is 6.42 Å². The number of hydrogen-bond donors (Lipinski definition) is 2. The molecule has 2 N–H and O–H groups in total. The molecule has 0 aromatic heterocycles. The zero-order chi connectivity index (χ0) is 13.7. The Balaban J connectivity index is 1.80. The van der Waals surface area contributed by atoms with Crippen molar-refractivity contribution < 1.29 is 4.74 Å². The lowest BCUT2D eigenvalue weighted by molar-refractivity contribution is 0.411. The van der Waals surface area contributed by atoms with Crippen LogP contribution in [0.1, 0.15) is 23.1 Å². The van der Waals surface area contributed by atoms with Gasteiger partial charge in [0, 0.05) is 0 Å². The number of nitrogens with one attached hydrogen (secondary N) is 2. The molecule has 1 atom stereocenters. The van der Waals surface area contributed by atoms with Crippen LogP contribution in [-0.4, -0.2) is 33.3 Å². The van der Waals surface area contributed by atoms with E-state index in [9.17, 15) is 0 Å². The molecule has 1 saturated heterocycles. The number of ether oxygens (including phenoxy) is 1. The highest BCUT2D eigenvalue weighted by atomic mass is 16.5. The summed E-state index contributed by atoms with van der Waals surface area (Å²) in [7, 11) is 1.73. The van der Waals surface area contributed by atoms with Crippen LogP contribution in [0.15, 0.2) is 12.1 Å². The van der Waals surface area contributed by atoms with Crippen molar-refractivity contribution in [3.63, 3.8) is 0 Å². The third-order valence-electron chi connectivity index (χ3n) is 4.24. The van der Waals surface area contributed by atoms with Gasteiger partial charge < -0.3 is 15.4 Å². The average molecular weight is 262 g/mol. The standard InChI is InChI=1S/C16H26N2O/c1-12-13(2)16(19-3)5-4-15(12)7-9-18-11-14-6-8-17-10-14/h4-5,14,17-18H,6-11H2,1-3H3. The van der Waals surface area contributed by atoms with Gasteiger partial charge in [-0.2, -0.15) is 0 Å². The van der Waals surface area contributed by atoms with Gasteiger partial charge in [-0.25, -0.2) is 0 Å². The molecule has 3 nitrogen and oxygen atoms in total. The van der Waals surface area contributed by atoms with E-state index in [4.69, 9.17) is 4.74 Å². The molecule has 1 aromatic carbocycles. The third kappa shape index (κ3) is 3.71. The van der Waals surface area contributed by atoms with Crippen LogP contribution in [0.25, 0.3) is 0 Å². The molecule has 1 aliphatic heterocycles. The van der Waals surface area contributed by atoms with Crippen LogP contribution in [0.5, 0.6) is 5.75 Å². The van der Waals surface area contributed by atoms with Crippen molar-refractivity contribution >= 4 is 0 Å². The van der Waals surface area contributed by atoms with E-state index in [0.29, 0.717) is 0 Å². The molecular formula is C16H26N2O. The van der Waals surface area contributed by atoms with E-state index < -0.39 is 0 Å². The lowest BCUT2D eigenvalue weighted by Gasteiger charge is -2.14. The molecule has 1 heterocycles. The molecule has 0 saturated carbocycles. The summed E-state index contributed by atoms with van der Waals surface area (Å²) < 4.78 is 5.35. The van der Waals surface area contributed by atoms with Gasteiger partial charge in [-0.05, 0) is 81.5 Å². The fraction of sp³-hybridized carbons (Fsp3) is 0.625. The minimum atomic E-state index is 0.818. The number of methoxy groups -OCH3 is 1. The second-order valence-corrected chi connectivity index (χ2v) is 5.49. The molecule has 0 spiro atoms. The topological polar surface area (TPSA) is 33.3 Å². The molecule has 0 aliphatic carbocycles. The van der Waals surface area contributed by atoms with E-state index >= 15 is 0 Å². The van der Waals surface area contributed by atoms with E-state index in [1.807, 2.05) is 0 Å². The first-order valence-electron chi connectivity index (χ1n) is 7.27. The monoisotopic (exact) mass is 262 g/mol. The van der Waals surface area contributed by atoms with Crippen molar-refractivity contribution in [3.8, 4) is 5.75 Å². The van der Waals surface area contributed by atoms with Crippen LogP contribution in [0.2, 0.25) is 0 Å². The lowest BCUT2D eigenvalue weighted by Crippen LogP contribution is -2.26. The van der Waals surface area contributed by atoms with Crippen molar-refractivity contribution in [1.29, 1.82) is 0 Å². The smallest absolute Gasteiger partial charge is 0.122 e. The Morgan fingerprint density at radius 1 is 1.32 bits per heavy atom. The summed E-state index contributed by atoms with van der Waals surface area (Å²) in [6.45, 7) is 8.88. The SMILES string of the molecule is COc1ccc(CCNCC2CCNC2)c(C)c1C. The maximum absolute atomic E-state index is 5.35. The summed E-state index contributed by atoms with van der Waals surface area (Å²) in [6, 6.07) is 4.28. The molecule has 0 radical (unpaired) electrons. The van der Waals surface area contributed by atoms with Gasteiger partial charge in [-0.3, -0.25) is 0 Å². The summed E-state index contributed by atoms with van der Waals surface area (Å²) in [5, 5.41) is 6.99. The highest BCUT2D eigenvalue weighted by molar-refractivity contribution is 5.43. The molecule has 0 amide bonds. The Labute approximate surface area is 116 Å². The molecule has 2 rings (SSSR count). The van der Waals surface area contributed by atoms with E-state index in [1.54, 1.807) is 7.11 Å². The Morgan fingerprint density at radius 3 is 2.84 bits per heavy atom. The van der Waals surface area contributed by atoms with Gasteiger partial charge >= 0.3 is 0 Å². The molecule has 1 fully saturated rings. The molecule has 1 aromatic rings. The molecule has 19 heavy (non-hydrogen) atoms. The predicted molar refractivity (Wildman–Crippen MR) is 80.0 cm³/mol. The third-order valence-corrected chi connectivity index (χ3v) is 4.24. The van der Waals surface area contributed by atoms with Gasteiger partial charge in [0.2, 0.25) is 0 Å². The first-order valence-corrected chi connectivity index (χ1v) is 7.27. The second kappa shape index (κ2) is 6.92. The van der Waals surface area contributed by atoms with Gasteiger partial charge in [-0.1, -0.05) is 6.07 Å². The van der Waals surface area contributed by atoms with Gasteiger partial charge in [0.05, 0.1) is 7.11 Å². The van der Waals surface area contributed by atoms with Gasteiger partial charge in [0.15, 0.2) is 0 Å². The van der Waals surface area contributed by atoms with E-state index in [-0.39, 0.29) is 0 Å². The minimum Gasteiger partial charge on any atom is -0.496 e. The van der Waals surface area contributed by atoms with Crippen LogP contribution in [0.3, 0.4) is 0 Å². The van der Waals surface area contributed by atoms with Gasteiger partial charge in [0.1, 0.15) is 5.75 Å². The van der Waals surface area contributed by atoms with Crippen LogP contribution in [0, 0.1) is 19.8 Å². The molecule has 1 aliphatic rings. The Morgan fingerprint density at radius 2 is 2.16 bits per heavy atom. The first kappa shape index (κ1) is 14.4. The molecule has 3 heteroatoms. The predicted octanol–water partition coefficient (Wildman–Crippen LogP) is 2.05. The summed E-state index contributed by atoms with van der Waals surface area (Å²) in [5.41, 5.74) is 4.05. The zero-order valence-electron chi connectivity index (χ0n) is 12.4. The fourth-order valence-corrected chi connectivity index (χ4v) is 2.76. The van der Waals surface area contributed by atoms with E-state index in [2.05, 4.69) is 36.6 Å². The molecule has 0 bridgehead atoms. The van der Waals surface area contributed by atoms with Gasteiger partial charge in [-0.15, -0.1) is 0 Å². The largest absolute Gasteiger partial charge is 0.496 e. The van der Waals surface area contributed by atoms with E-state index in [0.717, 1.165) is 31.2 Å². The molecule has 1 unspecified atom stereocenters. The fourth-order valence-electron chi connectivity index (χ4n) is 2.76. The lowest BCUT2D eigenvalue weighted by atomic mass is 10.00. The van der Waals surface area contributed by atoms with Crippen LogP contribution >= 0.6 is 0 Å². The van der Waals surface area contributed by atoms with Gasteiger partial charge in [0.25, 0.3) is 0 Å². The molecular weight excluding hydrogens is 236 g/mol. The van der Waals surface area contributed by atoms with Crippen LogP contribution < -0.4 is 15.4 Å². The second-order valence-electron chi connectivity index (χ2n) is 5.49. The normalized spacial score (nSPS) is 18.8. The Kier molecular flexibility index (Phi) is 5.23. The highest BCUT2D eigenvalue weighted by Gasteiger charge is 2.13. The first-order chi connectivity index (χ1) is 9.22. The maximum atomic E-state index is 5.35. The van der Waals surface area contributed by atoms with Crippen molar-refractivity contribution in [2.75, 3.05) is 33.3 Å². The summed E-state index contributed by atoms with van der Waals surface area (Å²) in [5.74, 6) is 1.81. The minimum absolute atomic E-state index is 0.818. The summed E-state index contributed by atoms with van der Waals surface area (Å²) in [6.07, 6.45) is 2.41. The highest BCUT2D eigenvalue weighted by Crippen LogP contribution is 2.23. The number of rotatable bonds is 6. The quantitative estimate of drug-likeness (QED) is 0.770. The van der Waals surface area contributed by atoms with Crippen molar-refractivity contribution in [2.24, 2.45) is 5.92 Å². The van der Waals surface area contributed by atoms with Crippen molar-refractivity contribution in [3.05, 3.63) is 28.8 Å². The maximum Gasteiger partial charge on any atom is 0.122 e. The van der Waals surface area contributed by atoms with Crippen molar-refractivity contribution in [2.45, 2.75) is 26.7 Å². The average Bonchev–Trinajstić information content (AvgIpc) is 2.92. The van der Waals surface area contributed by atoms with Crippen molar-refractivity contribution in [1.82, 2.24) is 10.6 Å². The molecule has 106 valence electrons. The van der Waals surface area contributed by atoms with Crippen LogP contribution in [0.4, 0.5) is 0 Å². The Hall–Kier alpha value is -1.06.